The van der Waals surface area contributed by atoms with Gasteiger partial charge in [0.25, 0.3) is 0 Å². The fourth-order valence-corrected chi connectivity index (χ4v) is 9.75. The van der Waals surface area contributed by atoms with Crippen LogP contribution in [0.25, 0.3) is 0 Å². The third kappa shape index (κ3) is 3.67. The van der Waals surface area contributed by atoms with Crippen molar-refractivity contribution in [2.45, 2.75) is 121 Å². The molecule has 6 rings (SSSR count). The predicted molar refractivity (Wildman–Crippen MR) is 132 cm³/mol. The van der Waals surface area contributed by atoms with Crippen LogP contribution >= 0.6 is 0 Å². The summed E-state index contributed by atoms with van der Waals surface area (Å²) in [6.45, 7) is 6.95. The molecule has 0 aromatic carbocycles. The van der Waals surface area contributed by atoms with E-state index in [1.807, 2.05) is 6.92 Å². The van der Waals surface area contributed by atoms with E-state index in [1.54, 1.807) is 6.08 Å². The topological polar surface area (TPSA) is 105 Å². The van der Waals surface area contributed by atoms with Crippen LogP contribution in [0.5, 0.6) is 0 Å². The van der Waals surface area contributed by atoms with Crippen LogP contribution < -0.4 is 0 Å². The van der Waals surface area contributed by atoms with E-state index in [9.17, 15) is 20.1 Å². The summed E-state index contributed by atoms with van der Waals surface area (Å²) in [6, 6.07) is 0. The number of rotatable bonds is 3. The number of fused-ring (bicyclic) bond motifs is 5. The molecule has 36 heavy (non-hydrogen) atoms. The van der Waals surface area contributed by atoms with Gasteiger partial charge >= 0.3 is 5.97 Å². The summed E-state index contributed by atoms with van der Waals surface area (Å²) in [6.07, 6.45) is 8.55. The Morgan fingerprint density at radius 1 is 0.972 bits per heavy atom. The van der Waals surface area contributed by atoms with Crippen LogP contribution in [0.2, 0.25) is 0 Å². The quantitative estimate of drug-likeness (QED) is 0.399. The van der Waals surface area contributed by atoms with Gasteiger partial charge in [0.1, 0.15) is 12.7 Å². The Bertz CT molecular complexity index is 919. The van der Waals surface area contributed by atoms with Crippen LogP contribution in [0.1, 0.15) is 85.0 Å². The number of aliphatic hydroxyl groups excluding tert-OH is 2. The summed E-state index contributed by atoms with van der Waals surface area (Å²) >= 11 is 0. The van der Waals surface area contributed by atoms with Crippen molar-refractivity contribution in [3.63, 3.8) is 0 Å². The minimum absolute atomic E-state index is 0.0568. The van der Waals surface area contributed by atoms with Crippen molar-refractivity contribution in [1.82, 2.24) is 0 Å². The van der Waals surface area contributed by atoms with E-state index in [0.29, 0.717) is 30.8 Å². The molecule has 4 saturated carbocycles. The molecule has 5 fully saturated rings. The molecule has 12 atom stereocenters. The highest BCUT2D eigenvalue weighted by molar-refractivity contribution is 5.85. The van der Waals surface area contributed by atoms with Crippen LogP contribution in [0.3, 0.4) is 0 Å². The summed E-state index contributed by atoms with van der Waals surface area (Å²) in [7, 11) is 0. The van der Waals surface area contributed by atoms with Crippen molar-refractivity contribution in [3.8, 4) is 0 Å². The average molecular weight is 505 g/mol. The van der Waals surface area contributed by atoms with E-state index >= 15 is 0 Å². The molecule has 2 heterocycles. The van der Waals surface area contributed by atoms with Crippen molar-refractivity contribution >= 4 is 5.97 Å². The summed E-state index contributed by atoms with van der Waals surface area (Å²) in [5.74, 6) is 1.32. The highest BCUT2D eigenvalue weighted by Gasteiger charge is 2.67. The zero-order valence-corrected chi connectivity index (χ0v) is 22.0. The van der Waals surface area contributed by atoms with Gasteiger partial charge in [-0.15, -0.1) is 0 Å². The number of cyclic esters (lactones) is 1. The first-order valence-electron chi connectivity index (χ1n) is 14.3. The van der Waals surface area contributed by atoms with E-state index in [2.05, 4.69) is 13.8 Å². The fraction of sp³-hybridized carbons (Fsp3) is 0.897. The molecule has 0 amide bonds. The summed E-state index contributed by atoms with van der Waals surface area (Å²) in [4.78, 5) is 11.8. The second kappa shape index (κ2) is 8.77. The van der Waals surface area contributed by atoms with Crippen molar-refractivity contribution in [2.75, 3.05) is 6.61 Å². The van der Waals surface area contributed by atoms with Crippen molar-refractivity contribution in [1.29, 1.82) is 0 Å². The predicted octanol–water partition coefficient (Wildman–Crippen LogP) is 3.49. The minimum Gasteiger partial charge on any atom is -0.458 e. The molecule has 0 aromatic heterocycles. The first-order valence-corrected chi connectivity index (χ1v) is 14.3. The first-order chi connectivity index (χ1) is 17.0. The number of esters is 1. The lowest BCUT2D eigenvalue weighted by molar-refractivity contribution is -0.285. The molecule has 0 aromatic rings. The maximum absolute atomic E-state index is 12.4. The van der Waals surface area contributed by atoms with Gasteiger partial charge in [-0.3, -0.25) is 0 Å². The summed E-state index contributed by atoms with van der Waals surface area (Å²) < 4.78 is 17.4. The summed E-state index contributed by atoms with van der Waals surface area (Å²) in [5.41, 5.74) is 0.376. The lowest BCUT2D eigenvalue weighted by Gasteiger charge is -2.64. The van der Waals surface area contributed by atoms with Crippen molar-refractivity contribution < 1.29 is 34.3 Å². The van der Waals surface area contributed by atoms with Crippen LogP contribution in [0.4, 0.5) is 0 Å². The number of hydrogen-bond acceptors (Lipinski definition) is 7. The van der Waals surface area contributed by atoms with E-state index in [0.717, 1.165) is 63.4 Å². The maximum atomic E-state index is 12.4. The molecule has 4 aliphatic carbocycles. The standard InChI is InChI=1S/C29H44O7/c1-16-23(30)14-24(31)26(35-16)36-19-6-9-27(2)18(13-19)4-5-22-21(27)7-10-28(3)20(8-11-29(22,28)33)17-12-25(32)34-15-17/h12,16,18-24,26,30-31,33H,4-11,13-15H2,1-3H3/t16-,18-,19+,20-,21+,22-,23+,24+,26-,27+,28-,29+/m1/s1. The molecule has 3 N–H and O–H groups in total. The lowest BCUT2D eigenvalue weighted by Crippen LogP contribution is -2.62. The van der Waals surface area contributed by atoms with Crippen LogP contribution in [0, 0.1) is 34.5 Å². The Morgan fingerprint density at radius 2 is 1.78 bits per heavy atom. The number of hydrogen-bond donors (Lipinski definition) is 3. The molecule has 2 aliphatic heterocycles. The normalized spacial score (nSPS) is 54.8. The molecule has 0 spiro atoms. The van der Waals surface area contributed by atoms with Crippen LogP contribution in [-0.2, 0) is 19.0 Å². The molecule has 0 unspecified atom stereocenters. The highest BCUT2D eigenvalue weighted by atomic mass is 16.7. The third-order valence-electron chi connectivity index (χ3n) is 12.0. The minimum atomic E-state index is -0.795. The number of carbonyl (C=O) groups excluding carboxylic acids is 1. The zero-order chi connectivity index (χ0) is 25.5. The van der Waals surface area contributed by atoms with Gasteiger partial charge in [-0.05, 0) is 99.4 Å². The zero-order valence-electron chi connectivity index (χ0n) is 22.0. The van der Waals surface area contributed by atoms with E-state index < -0.39 is 24.1 Å². The van der Waals surface area contributed by atoms with E-state index in [1.165, 1.54) is 0 Å². The van der Waals surface area contributed by atoms with E-state index in [4.69, 9.17) is 14.2 Å². The Hall–Kier alpha value is -0.990. The Kier molecular flexibility index (Phi) is 6.16. The van der Waals surface area contributed by atoms with Gasteiger partial charge < -0.3 is 29.5 Å². The number of carbonyl (C=O) groups is 1. The Labute approximate surface area is 214 Å². The van der Waals surface area contributed by atoms with Gasteiger partial charge in [-0.1, -0.05) is 13.8 Å². The van der Waals surface area contributed by atoms with Crippen LogP contribution in [-0.4, -0.2) is 64.2 Å². The smallest absolute Gasteiger partial charge is 0.331 e. The SMILES string of the molecule is C[C@H]1O[C@H](O[C@H]2CC[C@@]3(C)[C@H](CC[C@@H]4[C@@H]3CC[C@]3(C)[C@@H](C5=CC(=O)OC5)CC[C@]43O)C2)[C@@H](O)C[C@@H]1O. The monoisotopic (exact) mass is 504 g/mol. The molecular formula is C29H44O7. The largest absolute Gasteiger partial charge is 0.458 e. The second-order valence-electron chi connectivity index (χ2n) is 13.4. The Morgan fingerprint density at radius 3 is 2.53 bits per heavy atom. The van der Waals surface area contributed by atoms with Crippen molar-refractivity contribution in [3.05, 3.63) is 11.6 Å². The molecule has 7 nitrogen and oxygen atoms in total. The molecule has 1 saturated heterocycles. The first kappa shape index (κ1) is 25.3. The molecule has 202 valence electrons. The van der Waals surface area contributed by atoms with Gasteiger partial charge in [0, 0.05) is 17.9 Å². The van der Waals surface area contributed by atoms with Gasteiger partial charge in [-0.25, -0.2) is 4.79 Å². The summed E-state index contributed by atoms with van der Waals surface area (Å²) in [5, 5.41) is 32.8. The Balaban J connectivity index is 1.16. The number of aliphatic hydroxyl groups is 3. The third-order valence-corrected chi connectivity index (χ3v) is 12.0. The maximum Gasteiger partial charge on any atom is 0.331 e. The molecular weight excluding hydrogens is 460 g/mol. The number of ether oxygens (including phenoxy) is 3. The fourth-order valence-electron chi connectivity index (χ4n) is 9.75. The van der Waals surface area contributed by atoms with Crippen molar-refractivity contribution in [2.24, 2.45) is 34.5 Å². The molecule has 7 heteroatoms. The van der Waals surface area contributed by atoms with Gasteiger partial charge in [0.2, 0.25) is 0 Å². The molecule has 0 radical (unpaired) electrons. The highest BCUT2D eigenvalue weighted by Crippen LogP contribution is 2.70. The van der Waals surface area contributed by atoms with Crippen LogP contribution in [0.15, 0.2) is 11.6 Å². The average Bonchev–Trinajstić information content (AvgIpc) is 3.37. The van der Waals surface area contributed by atoms with E-state index in [-0.39, 0.29) is 34.9 Å². The van der Waals surface area contributed by atoms with Gasteiger partial charge in [-0.2, -0.15) is 0 Å². The van der Waals surface area contributed by atoms with Gasteiger partial charge in [0.05, 0.1) is 23.9 Å². The molecule has 0 bridgehead atoms. The lowest BCUT2D eigenvalue weighted by atomic mass is 9.43. The molecule has 6 aliphatic rings. The van der Waals surface area contributed by atoms with Gasteiger partial charge in [0.15, 0.2) is 6.29 Å². The second-order valence-corrected chi connectivity index (χ2v) is 13.4.